The quantitative estimate of drug-likeness (QED) is 0.274. The summed E-state index contributed by atoms with van der Waals surface area (Å²) >= 11 is 0. The maximum atomic E-state index is 11.2. The number of aliphatic hydroxyl groups excluding tert-OH is 1. The molecule has 9 heteroatoms. The van der Waals surface area contributed by atoms with Gasteiger partial charge in [-0.1, -0.05) is 37.2 Å². The zero-order valence-corrected chi connectivity index (χ0v) is 20.4. The Morgan fingerprint density at radius 3 is 2.89 bits per heavy atom. The summed E-state index contributed by atoms with van der Waals surface area (Å²) in [4.78, 5) is 23.6. The van der Waals surface area contributed by atoms with Gasteiger partial charge in [-0.15, -0.1) is 0 Å². The topological polar surface area (TPSA) is 133 Å². The molecule has 0 fully saturated rings. The number of imidazole rings is 1. The van der Waals surface area contributed by atoms with Crippen molar-refractivity contribution in [2.45, 2.75) is 50.7 Å². The van der Waals surface area contributed by atoms with Crippen molar-refractivity contribution in [2.24, 2.45) is 10.6 Å². The van der Waals surface area contributed by atoms with Gasteiger partial charge in [0.2, 0.25) is 0 Å². The molecule has 3 aliphatic rings. The van der Waals surface area contributed by atoms with E-state index in [-0.39, 0.29) is 24.6 Å². The van der Waals surface area contributed by atoms with Crippen LogP contribution in [-0.4, -0.2) is 39.4 Å². The van der Waals surface area contributed by atoms with Gasteiger partial charge in [-0.2, -0.15) is 10.2 Å². The lowest BCUT2D eigenvalue weighted by molar-refractivity contribution is -0.0840. The average molecular weight is 488 g/mol. The third kappa shape index (κ3) is 4.57. The molecule has 0 saturated heterocycles. The number of nitrogens with one attached hydrogen (secondary N) is 2. The van der Waals surface area contributed by atoms with E-state index >= 15 is 0 Å². The van der Waals surface area contributed by atoms with E-state index in [1.54, 1.807) is 0 Å². The Balaban J connectivity index is 1.50. The zero-order chi connectivity index (χ0) is 25.4. The lowest BCUT2D eigenvalue weighted by Crippen LogP contribution is -2.43. The fourth-order valence-corrected chi connectivity index (χ4v) is 5.08. The van der Waals surface area contributed by atoms with E-state index in [9.17, 15) is 10.0 Å². The van der Waals surface area contributed by atoms with Gasteiger partial charge in [0.25, 0.3) is 0 Å². The highest BCUT2D eigenvalue weighted by molar-refractivity contribution is 5.81. The first-order valence-electron chi connectivity index (χ1n) is 12.0. The smallest absolute Gasteiger partial charge is 0.321 e. The lowest BCUT2D eigenvalue weighted by atomic mass is 9.76. The fourth-order valence-electron chi connectivity index (χ4n) is 5.08. The number of hydrogen-bond donors (Lipinski definition) is 3. The van der Waals surface area contributed by atoms with Gasteiger partial charge < -0.3 is 14.7 Å². The second-order valence-electron chi connectivity index (χ2n) is 10.5. The van der Waals surface area contributed by atoms with Gasteiger partial charge in [0.15, 0.2) is 0 Å². The van der Waals surface area contributed by atoms with Crippen LogP contribution in [0.4, 0.5) is 5.69 Å². The number of H-pyrrole nitrogens is 1. The van der Waals surface area contributed by atoms with Crippen LogP contribution in [0.5, 0.6) is 6.01 Å². The summed E-state index contributed by atoms with van der Waals surface area (Å²) in [5.74, 6) is 0. The van der Waals surface area contributed by atoms with Crippen LogP contribution < -0.4 is 10.3 Å². The SMILES string of the molecule is CC1(C)CC=C(c2cc(C3=C[C@@]4(CO)C=C[C@@](CN=O)(C3)O4)ccc2NOc2ncc(C#N)[nH]2)CC1. The molecule has 1 aromatic heterocycles. The number of benzene rings is 1. The van der Waals surface area contributed by atoms with Gasteiger partial charge in [0.1, 0.15) is 29.5 Å². The molecule has 3 heterocycles. The zero-order valence-electron chi connectivity index (χ0n) is 20.4. The van der Waals surface area contributed by atoms with Crippen molar-refractivity contribution in [3.05, 3.63) is 70.4 Å². The summed E-state index contributed by atoms with van der Waals surface area (Å²) in [6.07, 6.45) is 12.7. The first kappa shape index (κ1) is 24.0. The Hall–Kier alpha value is -3.74. The maximum Gasteiger partial charge on any atom is 0.321 e. The summed E-state index contributed by atoms with van der Waals surface area (Å²) in [5, 5.41) is 22.2. The minimum Gasteiger partial charge on any atom is -0.393 e. The second-order valence-corrected chi connectivity index (χ2v) is 10.5. The van der Waals surface area contributed by atoms with Crippen molar-refractivity contribution in [1.29, 1.82) is 5.26 Å². The Labute approximate surface area is 209 Å². The summed E-state index contributed by atoms with van der Waals surface area (Å²) in [7, 11) is 0. The summed E-state index contributed by atoms with van der Waals surface area (Å²) < 4.78 is 6.10. The van der Waals surface area contributed by atoms with Gasteiger partial charge in [-0.3, -0.25) is 4.98 Å². The first-order valence-corrected chi connectivity index (χ1v) is 12.0. The molecule has 0 amide bonds. The second kappa shape index (κ2) is 9.04. The molecule has 3 N–H and O–H groups in total. The van der Waals surface area contributed by atoms with E-state index in [2.05, 4.69) is 46.6 Å². The van der Waals surface area contributed by atoms with E-state index < -0.39 is 11.2 Å². The van der Waals surface area contributed by atoms with E-state index in [1.807, 2.05) is 36.4 Å². The molecule has 0 radical (unpaired) electrons. The fraction of sp³-hybridized carbons (Fsp3) is 0.407. The van der Waals surface area contributed by atoms with E-state index in [1.165, 1.54) is 11.8 Å². The largest absolute Gasteiger partial charge is 0.393 e. The van der Waals surface area contributed by atoms with Crippen LogP contribution in [0.2, 0.25) is 0 Å². The summed E-state index contributed by atoms with van der Waals surface area (Å²) in [5.41, 5.74) is 6.71. The van der Waals surface area contributed by atoms with Gasteiger partial charge in [0, 0.05) is 12.0 Å². The highest BCUT2D eigenvalue weighted by Crippen LogP contribution is 2.46. The maximum absolute atomic E-state index is 11.2. The minimum atomic E-state index is -0.954. The molecule has 9 nitrogen and oxygen atoms in total. The lowest BCUT2D eigenvalue weighted by Gasteiger charge is -2.37. The number of nitriles is 1. The van der Waals surface area contributed by atoms with Crippen molar-refractivity contribution >= 4 is 16.8 Å². The van der Waals surface area contributed by atoms with E-state index in [4.69, 9.17) is 14.8 Å². The van der Waals surface area contributed by atoms with E-state index in [0.717, 1.165) is 41.6 Å². The van der Waals surface area contributed by atoms with Gasteiger partial charge in [-0.25, -0.2) is 10.5 Å². The van der Waals surface area contributed by atoms with Gasteiger partial charge in [-0.05, 0) is 65.7 Å². The van der Waals surface area contributed by atoms with Crippen LogP contribution in [0.15, 0.2) is 53.9 Å². The predicted octanol–water partition coefficient (Wildman–Crippen LogP) is 4.89. The number of fused-ring (bicyclic) bond motifs is 2. The molecule has 2 bridgehead atoms. The average Bonchev–Trinajstić information content (AvgIpc) is 3.45. The van der Waals surface area contributed by atoms with Crippen LogP contribution in [-0.2, 0) is 4.74 Å². The normalized spacial score (nSPS) is 26.1. The Kier molecular flexibility index (Phi) is 6.02. The van der Waals surface area contributed by atoms with Crippen LogP contribution >= 0.6 is 0 Å². The van der Waals surface area contributed by atoms with Crippen LogP contribution in [0.1, 0.15) is 56.4 Å². The molecule has 0 unspecified atom stereocenters. The van der Waals surface area contributed by atoms with Gasteiger partial charge >= 0.3 is 6.01 Å². The molecule has 1 aromatic carbocycles. The van der Waals surface area contributed by atoms with Crippen molar-refractivity contribution in [2.75, 3.05) is 18.6 Å². The minimum absolute atomic E-state index is 0.0169. The number of hydrogen-bond acceptors (Lipinski definition) is 8. The molecule has 2 aromatic rings. The third-order valence-electron chi connectivity index (χ3n) is 7.19. The van der Waals surface area contributed by atoms with E-state index in [0.29, 0.717) is 12.1 Å². The van der Waals surface area contributed by atoms with Crippen LogP contribution in [0, 0.1) is 21.7 Å². The molecule has 2 aliphatic heterocycles. The Morgan fingerprint density at radius 2 is 2.19 bits per heavy atom. The number of aromatic nitrogens is 2. The number of nitroso groups, excluding NO2 is 1. The highest BCUT2D eigenvalue weighted by Gasteiger charge is 2.48. The number of aromatic amines is 1. The van der Waals surface area contributed by atoms with Crippen molar-refractivity contribution in [1.82, 2.24) is 9.97 Å². The Morgan fingerprint density at radius 1 is 1.33 bits per heavy atom. The molecule has 0 spiro atoms. The van der Waals surface area contributed by atoms with Crippen molar-refractivity contribution < 1.29 is 14.7 Å². The first-order chi connectivity index (χ1) is 17.3. The van der Waals surface area contributed by atoms with Crippen LogP contribution in [0.25, 0.3) is 11.1 Å². The number of aliphatic hydroxyl groups is 1. The number of nitrogens with zero attached hydrogens (tertiary/aromatic N) is 3. The Bertz CT molecular complexity index is 1320. The standard InChI is InChI=1S/C27H29N5O4/c1-25(2)7-5-18(6-8-25)22-11-19(3-4-23(22)32-35-24-29-15-21(14-28)31-24)20-12-26(16-30-34)9-10-27(13-20,17-33)36-26/h3-5,9-11,13,15,32-33H,6-8,12,16-17H2,1-2H3,(H,29,31)/t26-,27+/m0/s1. The molecule has 36 heavy (non-hydrogen) atoms. The molecule has 5 rings (SSSR count). The molecule has 2 atom stereocenters. The number of rotatable bonds is 8. The highest BCUT2D eigenvalue weighted by atomic mass is 16.7. The molecular formula is C27H29N5O4. The number of ether oxygens (including phenoxy) is 1. The van der Waals surface area contributed by atoms with Crippen LogP contribution in [0.3, 0.4) is 0 Å². The van der Waals surface area contributed by atoms with Crippen molar-refractivity contribution in [3.63, 3.8) is 0 Å². The predicted molar refractivity (Wildman–Crippen MR) is 136 cm³/mol. The molecule has 0 saturated carbocycles. The van der Waals surface area contributed by atoms with Crippen molar-refractivity contribution in [3.8, 4) is 12.1 Å². The number of allylic oxidation sites excluding steroid dienone is 2. The molecule has 186 valence electrons. The summed E-state index contributed by atoms with van der Waals surface area (Å²) in [6.45, 7) is 4.30. The monoisotopic (exact) mass is 487 g/mol. The summed E-state index contributed by atoms with van der Waals surface area (Å²) in [6, 6.07) is 8.23. The molecular weight excluding hydrogens is 458 g/mol. The van der Waals surface area contributed by atoms with Gasteiger partial charge in [0.05, 0.1) is 18.5 Å². The molecule has 1 aliphatic carbocycles. The number of anilines is 1. The third-order valence-corrected chi connectivity index (χ3v) is 7.19.